The Hall–Kier alpha value is -0.980. The summed E-state index contributed by atoms with van der Waals surface area (Å²) in [6, 6.07) is 6.45. The van der Waals surface area contributed by atoms with Gasteiger partial charge >= 0.3 is 0 Å². The predicted molar refractivity (Wildman–Crippen MR) is 49.7 cm³/mol. The van der Waals surface area contributed by atoms with Crippen LogP contribution in [0.15, 0.2) is 18.2 Å². The van der Waals surface area contributed by atoms with Crippen molar-refractivity contribution in [3.8, 4) is 5.75 Å². The first-order valence-corrected chi connectivity index (χ1v) is 4.45. The molecule has 0 saturated carbocycles. The van der Waals surface area contributed by atoms with Crippen LogP contribution in [-0.2, 0) is 0 Å². The Balaban J connectivity index is 2.47. The summed E-state index contributed by atoms with van der Waals surface area (Å²) in [6.45, 7) is 6.43. The van der Waals surface area contributed by atoms with Crippen LogP contribution in [0.25, 0.3) is 0 Å². The zero-order chi connectivity index (χ0) is 8.72. The van der Waals surface area contributed by atoms with Gasteiger partial charge in [-0.15, -0.1) is 0 Å². The van der Waals surface area contributed by atoms with Gasteiger partial charge in [0.25, 0.3) is 0 Å². The monoisotopic (exact) mass is 162 g/mol. The van der Waals surface area contributed by atoms with E-state index < -0.39 is 0 Å². The molecule has 1 aromatic carbocycles. The summed E-state index contributed by atoms with van der Waals surface area (Å²) in [5, 5.41) is 0. The highest BCUT2D eigenvalue weighted by molar-refractivity contribution is 5.42. The van der Waals surface area contributed by atoms with Gasteiger partial charge in [0.2, 0.25) is 0 Å². The van der Waals surface area contributed by atoms with Crippen molar-refractivity contribution in [2.24, 2.45) is 0 Å². The Morgan fingerprint density at radius 3 is 2.75 bits per heavy atom. The molecule has 0 saturated heterocycles. The SMILES string of the molecule is Cc1ccc2c(c1)OC(C)C2C. The molecule has 64 valence electrons. The second kappa shape index (κ2) is 2.51. The first-order valence-electron chi connectivity index (χ1n) is 4.45. The van der Waals surface area contributed by atoms with Crippen molar-refractivity contribution < 1.29 is 4.74 Å². The fraction of sp³-hybridized carbons (Fsp3) is 0.455. The Labute approximate surface area is 73.4 Å². The molecule has 0 spiro atoms. The van der Waals surface area contributed by atoms with Crippen molar-refractivity contribution >= 4 is 0 Å². The molecule has 2 unspecified atom stereocenters. The van der Waals surface area contributed by atoms with Crippen LogP contribution in [0.4, 0.5) is 0 Å². The van der Waals surface area contributed by atoms with Crippen molar-refractivity contribution in [2.45, 2.75) is 32.8 Å². The molecule has 0 radical (unpaired) electrons. The van der Waals surface area contributed by atoms with Gasteiger partial charge in [-0.2, -0.15) is 0 Å². The Morgan fingerprint density at radius 2 is 2.00 bits per heavy atom. The zero-order valence-electron chi connectivity index (χ0n) is 7.79. The van der Waals surface area contributed by atoms with E-state index in [9.17, 15) is 0 Å². The minimum Gasteiger partial charge on any atom is -0.490 e. The van der Waals surface area contributed by atoms with Crippen LogP contribution in [-0.4, -0.2) is 6.10 Å². The molecule has 1 aliphatic heterocycles. The molecule has 0 bridgehead atoms. The molecular weight excluding hydrogens is 148 g/mol. The van der Waals surface area contributed by atoms with Crippen molar-refractivity contribution in [2.75, 3.05) is 0 Å². The van der Waals surface area contributed by atoms with Gasteiger partial charge in [0.05, 0.1) is 0 Å². The van der Waals surface area contributed by atoms with E-state index in [0.717, 1.165) is 5.75 Å². The second-order valence-electron chi connectivity index (χ2n) is 3.65. The van der Waals surface area contributed by atoms with Crippen molar-refractivity contribution in [3.63, 3.8) is 0 Å². The van der Waals surface area contributed by atoms with Crippen LogP contribution in [0.3, 0.4) is 0 Å². The molecule has 2 rings (SSSR count). The first-order chi connectivity index (χ1) is 5.68. The van der Waals surface area contributed by atoms with E-state index in [1.807, 2.05) is 0 Å². The zero-order valence-corrected chi connectivity index (χ0v) is 7.79. The standard InChI is InChI=1S/C11H14O/c1-7-4-5-10-8(2)9(3)12-11(10)6-7/h4-6,8-9H,1-3H3. The Morgan fingerprint density at radius 1 is 1.25 bits per heavy atom. The summed E-state index contributed by atoms with van der Waals surface area (Å²) < 4.78 is 5.70. The minimum atomic E-state index is 0.335. The smallest absolute Gasteiger partial charge is 0.123 e. The lowest BCUT2D eigenvalue weighted by Crippen LogP contribution is -2.10. The molecule has 1 nitrogen and oxygen atoms in total. The number of benzene rings is 1. The molecule has 0 aliphatic carbocycles. The van der Waals surface area contributed by atoms with Gasteiger partial charge in [-0.1, -0.05) is 19.1 Å². The van der Waals surface area contributed by atoms with Gasteiger partial charge in [-0.3, -0.25) is 0 Å². The summed E-state index contributed by atoms with van der Waals surface area (Å²) in [5.41, 5.74) is 2.63. The van der Waals surface area contributed by atoms with Crippen LogP contribution in [0, 0.1) is 6.92 Å². The molecule has 1 heteroatoms. The van der Waals surface area contributed by atoms with Gasteiger partial charge < -0.3 is 4.74 Å². The highest BCUT2D eigenvalue weighted by Crippen LogP contribution is 2.37. The lowest BCUT2D eigenvalue weighted by molar-refractivity contribution is 0.232. The first kappa shape index (κ1) is 7.66. The summed E-state index contributed by atoms with van der Waals surface area (Å²) in [7, 11) is 0. The maximum Gasteiger partial charge on any atom is 0.123 e. The minimum absolute atomic E-state index is 0.335. The largest absolute Gasteiger partial charge is 0.490 e. The second-order valence-corrected chi connectivity index (χ2v) is 3.65. The van der Waals surface area contributed by atoms with Gasteiger partial charge in [0, 0.05) is 11.5 Å². The maximum absolute atomic E-state index is 5.70. The third-order valence-electron chi connectivity index (χ3n) is 2.68. The van der Waals surface area contributed by atoms with Crippen LogP contribution in [0.2, 0.25) is 0 Å². The van der Waals surface area contributed by atoms with Gasteiger partial charge in [0.15, 0.2) is 0 Å². The van der Waals surface area contributed by atoms with Crippen molar-refractivity contribution in [3.05, 3.63) is 29.3 Å². The summed E-state index contributed by atoms with van der Waals surface area (Å²) in [5.74, 6) is 1.62. The summed E-state index contributed by atoms with van der Waals surface area (Å²) in [4.78, 5) is 0. The topological polar surface area (TPSA) is 9.23 Å². The lowest BCUT2D eigenvalue weighted by Gasteiger charge is -2.06. The van der Waals surface area contributed by atoms with Gasteiger partial charge in [-0.05, 0) is 25.5 Å². The Bertz CT molecular complexity index is 304. The third-order valence-corrected chi connectivity index (χ3v) is 2.68. The number of hydrogen-bond acceptors (Lipinski definition) is 1. The third kappa shape index (κ3) is 1.01. The summed E-state index contributed by atoms with van der Waals surface area (Å²) >= 11 is 0. The van der Waals surface area contributed by atoms with E-state index in [-0.39, 0.29) is 0 Å². The molecule has 0 aromatic heterocycles. The van der Waals surface area contributed by atoms with Gasteiger partial charge in [-0.25, -0.2) is 0 Å². The van der Waals surface area contributed by atoms with E-state index in [2.05, 4.69) is 39.0 Å². The van der Waals surface area contributed by atoms with Crippen molar-refractivity contribution in [1.29, 1.82) is 0 Å². The van der Waals surface area contributed by atoms with Crippen LogP contribution >= 0.6 is 0 Å². The molecule has 1 heterocycles. The van der Waals surface area contributed by atoms with Crippen molar-refractivity contribution in [1.82, 2.24) is 0 Å². The van der Waals surface area contributed by atoms with E-state index in [0.29, 0.717) is 12.0 Å². The highest BCUT2D eigenvalue weighted by atomic mass is 16.5. The molecule has 0 N–H and O–H groups in total. The molecule has 12 heavy (non-hydrogen) atoms. The fourth-order valence-corrected chi connectivity index (χ4v) is 1.68. The number of fused-ring (bicyclic) bond motifs is 1. The van der Waals surface area contributed by atoms with E-state index >= 15 is 0 Å². The van der Waals surface area contributed by atoms with E-state index in [1.165, 1.54) is 11.1 Å². The lowest BCUT2D eigenvalue weighted by atomic mass is 9.98. The molecule has 1 aliphatic rings. The molecule has 0 amide bonds. The number of aryl methyl sites for hydroxylation is 1. The maximum atomic E-state index is 5.70. The van der Waals surface area contributed by atoms with Gasteiger partial charge in [0.1, 0.15) is 11.9 Å². The number of ether oxygens (including phenoxy) is 1. The number of hydrogen-bond donors (Lipinski definition) is 0. The quantitative estimate of drug-likeness (QED) is 0.570. The normalized spacial score (nSPS) is 26.6. The van der Waals surface area contributed by atoms with Crippen LogP contribution < -0.4 is 4.74 Å². The summed E-state index contributed by atoms with van der Waals surface area (Å²) in [6.07, 6.45) is 0.335. The van der Waals surface area contributed by atoms with E-state index in [1.54, 1.807) is 0 Å². The average Bonchev–Trinajstić information content (AvgIpc) is 2.28. The molecular formula is C11H14O. The van der Waals surface area contributed by atoms with Crippen LogP contribution in [0.5, 0.6) is 5.75 Å². The highest BCUT2D eigenvalue weighted by Gasteiger charge is 2.26. The molecule has 2 atom stereocenters. The molecule has 0 fully saturated rings. The Kier molecular flexibility index (Phi) is 1.60. The van der Waals surface area contributed by atoms with Crippen LogP contribution in [0.1, 0.15) is 30.9 Å². The average molecular weight is 162 g/mol. The fourth-order valence-electron chi connectivity index (χ4n) is 1.68. The van der Waals surface area contributed by atoms with E-state index in [4.69, 9.17) is 4.74 Å². The predicted octanol–water partition coefficient (Wildman–Crippen LogP) is 2.88. The number of rotatable bonds is 0. The molecule has 1 aromatic rings.